The Morgan fingerprint density at radius 1 is 1.37 bits per heavy atom. The molecule has 1 aromatic rings. The Morgan fingerprint density at radius 3 is 2.70 bits per heavy atom. The van der Waals surface area contributed by atoms with Crippen molar-refractivity contribution >= 4 is 34.6 Å². The fraction of sp³-hybridized carbons (Fsp3) is 0.524. The zero-order valence-electron chi connectivity index (χ0n) is 17.0. The molecule has 0 radical (unpaired) electrons. The predicted molar refractivity (Wildman–Crippen MR) is 113 cm³/mol. The number of thioether (sulfide) groups is 1. The van der Waals surface area contributed by atoms with E-state index in [2.05, 4.69) is 30.7 Å². The number of benzene rings is 1. The van der Waals surface area contributed by atoms with Gasteiger partial charge in [0.15, 0.2) is 5.17 Å². The molecule has 0 bridgehead atoms. The molecule has 4 nitrogen and oxygen atoms in total. The van der Waals surface area contributed by atoms with E-state index >= 15 is 0 Å². The highest BCUT2D eigenvalue weighted by molar-refractivity contribution is 8.18. The molecule has 1 unspecified atom stereocenters. The van der Waals surface area contributed by atoms with Crippen LogP contribution in [0.1, 0.15) is 58.1 Å². The molecule has 0 aromatic heterocycles. The van der Waals surface area contributed by atoms with E-state index in [0.29, 0.717) is 34.6 Å². The van der Waals surface area contributed by atoms with E-state index in [9.17, 15) is 9.18 Å². The zero-order chi connectivity index (χ0) is 19.9. The maximum absolute atomic E-state index is 14.9. The van der Waals surface area contributed by atoms with Gasteiger partial charge < -0.3 is 4.90 Å². The van der Waals surface area contributed by atoms with Crippen LogP contribution in [0.4, 0.5) is 10.1 Å². The molecule has 0 saturated carbocycles. The fourth-order valence-corrected chi connectivity index (χ4v) is 4.99. The van der Waals surface area contributed by atoms with Gasteiger partial charge in [-0.1, -0.05) is 6.92 Å². The summed E-state index contributed by atoms with van der Waals surface area (Å²) in [7, 11) is 2.02. The Kier molecular flexibility index (Phi) is 5.39. The van der Waals surface area contributed by atoms with Crippen LogP contribution >= 0.6 is 11.8 Å². The number of anilines is 1. The number of halogens is 1. The Morgan fingerprint density at radius 2 is 2.07 bits per heavy atom. The Balaban J connectivity index is 2.02. The maximum atomic E-state index is 14.9. The van der Waals surface area contributed by atoms with Crippen molar-refractivity contribution in [2.24, 2.45) is 4.99 Å². The first-order valence-electron chi connectivity index (χ1n) is 9.52. The lowest BCUT2D eigenvalue weighted by Crippen LogP contribution is -2.45. The van der Waals surface area contributed by atoms with E-state index in [0.717, 1.165) is 17.7 Å². The summed E-state index contributed by atoms with van der Waals surface area (Å²) in [6.45, 7) is 11.6. The van der Waals surface area contributed by atoms with Gasteiger partial charge in [-0.25, -0.2) is 4.39 Å². The van der Waals surface area contributed by atoms with E-state index < -0.39 is 0 Å². The molecular formula is C21H28FN3OS. The van der Waals surface area contributed by atoms with Crippen LogP contribution in [-0.2, 0) is 4.79 Å². The minimum Gasteiger partial charge on any atom is -0.369 e. The monoisotopic (exact) mass is 389 g/mol. The van der Waals surface area contributed by atoms with Gasteiger partial charge in [0.2, 0.25) is 0 Å². The van der Waals surface area contributed by atoms with Crippen LogP contribution in [0, 0.1) is 5.82 Å². The molecule has 6 heteroatoms. The van der Waals surface area contributed by atoms with Crippen molar-refractivity contribution in [3.05, 3.63) is 34.0 Å². The fourth-order valence-electron chi connectivity index (χ4n) is 3.90. The third-order valence-corrected chi connectivity index (χ3v) is 6.58. The number of amidine groups is 1. The molecule has 1 atom stereocenters. The molecule has 2 heterocycles. The number of fused-ring (bicyclic) bond motifs is 1. The number of rotatable bonds is 3. The molecule has 0 aliphatic carbocycles. The molecule has 27 heavy (non-hydrogen) atoms. The molecule has 2 aliphatic heterocycles. The Bertz CT molecular complexity index is 831. The molecular weight excluding hydrogens is 361 g/mol. The minimum atomic E-state index is -0.296. The highest BCUT2D eigenvalue weighted by Crippen LogP contribution is 2.44. The second kappa shape index (κ2) is 7.30. The van der Waals surface area contributed by atoms with Crippen LogP contribution in [0.5, 0.6) is 0 Å². The zero-order valence-corrected chi connectivity index (χ0v) is 17.8. The number of hydrogen-bond donors (Lipinski definition) is 0. The quantitative estimate of drug-likeness (QED) is 0.693. The van der Waals surface area contributed by atoms with Crippen molar-refractivity contribution in [2.45, 2.75) is 52.5 Å². The van der Waals surface area contributed by atoms with Gasteiger partial charge in [-0.15, -0.1) is 0 Å². The standard InChI is InChI=1S/C21H28FN3OS/c1-7-23-20-25(8-2)19(26)18(27-20)10-14-9-15-13(3)12-21(4,5)24(6)17(15)11-16(14)22/h9-11,13H,7-8,12H2,1-6H3/b18-10+,23-20?. The van der Waals surface area contributed by atoms with Gasteiger partial charge in [0.05, 0.1) is 4.91 Å². The number of nitrogens with zero attached hydrogens (tertiary/aromatic N) is 3. The van der Waals surface area contributed by atoms with E-state index in [1.54, 1.807) is 17.0 Å². The van der Waals surface area contributed by atoms with Crippen LogP contribution in [0.2, 0.25) is 0 Å². The van der Waals surface area contributed by atoms with Gasteiger partial charge in [0.1, 0.15) is 5.82 Å². The summed E-state index contributed by atoms with van der Waals surface area (Å²) in [4.78, 5) is 21.4. The first-order chi connectivity index (χ1) is 12.7. The Hall–Kier alpha value is -1.82. The van der Waals surface area contributed by atoms with Gasteiger partial charge >= 0.3 is 0 Å². The van der Waals surface area contributed by atoms with Crippen molar-refractivity contribution in [1.82, 2.24) is 4.90 Å². The van der Waals surface area contributed by atoms with Gasteiger partial charge in [-0.05, 0) is 75.6 Å². The number of amides is 1. The summed E-state index contributed by atoms with van der Waals surface area (Å²) in [6, 6.07) is 3.52. The van der Waals surface area contributed by atoms with Crippen molar-refractivity contribution < 1.29 is 9.18 Å². The third-order valence-electron chi connectivity index (χ3n) is 5.54. The van der Waals surface area contributed by atoms with E-state index in [4.69, 9.17) is 0 Å². The SMILES string of the molecule is CCN=C1S/C(=C/c2cc3c(cc2F)N(C)C(C)(C)CC3C)C(=O)N1CC. The molecule has 0 spiro atoms. The molecule has 1 aromatic carbocycles. The third kappa shape index (κ3) is 3.51. The summed E-state index contributed by atoms with van der Waals surface area (Å²) < 4.78 is 14.9. The van der Waals surface area contributed by atoms with Crippen LogP contribution in [0.15, 0.2) is 22.0 Å². The van der Waals surface area contributed by atoms with Crippen LogP contribution in [0.3, 0.4) is 0 Å². The molecule has 1 fully saturated rings. The highest BCUT2D eigenvalue weighted by Gasteiger charge is 2.35. The molecule has 146 valence electrons. The summed E-state index contributed by atoms with van der Waals surface area (Å²) in [5, 5.41) is 0.699. The molecule has 3 rings (SSSR count). The van der Waals surface area contributed by atoms with E-state index in [-0.39, 0.29) is 17.3 Å². The summed E-state index contributed by atoms with van der Waals surface area (Å²) >= 11 is 1.33. The number of carbonyl (C=O) groups excluding carboxylic acids is 1. The lowest BCUT2D eigenvalue weighted by atomic mass is 9.80. The minimum absolute atomic E-state index is 0.0107. The van der Waals surface area contributed by atoms with Crippen molar-refractivity contribution in [1.29, 1.82) is 0 Å². The van der Waals surface area contributed by atoms with E-state index in [1.807, 2.05) is 27.0 Å². The molecule has 0 N–H and O–H groups in total. The van der Waals surface area contributed by atoms with Crippen molar-refractivity contribution in [2.75, 3.05) is 25.0 Å². The van der Waals surface area contributed by atoms with Crippen molar-refractivity contribution in [3.63, 3.8) is 0 Å². The predicted octanol–water partition coefficient (Wildman–Crippen LogP) is 4.86. The molecule has 1 amide bonds. The second-order valence-electron chi connectivity index (χ2n) is 7.83. The topological polar surface area (TPSA) is 35.9 Å². The normalized spacial score (nSPS) is 24.9. The number of aliphatic imine (C=N–C) groups is 1. The summed E-state index contributed by atoms with van der Waals surface area (Å²) in [5.41, 5.74) is 2.53. The first kappa shape index (κ1) is 19.9. The lowest BCUT2D eigenvalue weighted by Gasteiger charge is -2.45. The van der Waals surface area contributed by atoms with Crippen LogP contribution < -0.4 is 4.90 Å². The number of likely N-dealkylation sites (N-methyl/N-ethyl adjacent to an activating group) is 1. The van der Waals surface area contributed by atoms with Gasteiger partial charge in [0.25, 0.3) is 5.91 Å². The largest absolute Gasteiger partial charge is 0.369 e. The average molecular weight is 390 g/mol. The second-order valence-corrected chi connectivity index (χ2v) is 8.84. The van der Waals surface area contributed by atoms with Crippen LogP contribution in [-0.4, -0.2) is 41.7 Å². The highest BCUT2D eigenvalue weighted by atomic mass is 32.2. The van der Waals surface area contributed by atoms with E-state index in [1.165, 1.54) is 11.8 Å². The number of hydrogen-bond acceptors (Lipinski definition) is 4. The number of carbonyl (C=O) groups is 1. The summed E-state index contributed by atoms with van der Waals surface area (Å²) in [6.07, 6.45) is 2.68. The molecule has 1 saturated heterocycles. The first-order valence-corrected chi connectivity index (χ1v) is 10.3. The van der Waals surface area contributed by atoms with Crippen LogP contribution in [0.25, 0.3) is 6.08 Å². The van der Waals surface area contributed by atoms with Crippen molar-refractivity contribution in [3.8, 4) is 0 Å². The Labute approximate surface area is 165 Å². The maximum Gasteiger partial charge on any atom is 0.266 e. The van der Waals surface area contributed by atoms with Gasteiger partial charge in [0, 0.05) is 36.9 Å². The average Bonchev–Trinajstić information content (AvgIpc) is 2.89. The van der Waals surface area contributed by atoms with Gasteiger partial charge in [-0.3, -0.25) is 14.7 Å². The smallest absolute Gasteiger partial charge is 0.266 e. The lowest BCUT2D eigenvalue weighted by molar-refractivity contribution is -0.122. The van der Waals surface area contributed by atoms with Gasteiger partial charge in [-0.2, -0.15) is 0 Å². The summed E-state index contributed by atoms with van der Waals surface area (Å²) in [5.74, 6) is -0.0614. The molecule has 2 aliphatic rings.